The zero-order valence-corrected chi connectivity index (χ0v) is 53.1. The van der Waals surface area contributed by atoms with Gasteiger partial charge in [0.1, 0.15) is 11.6 Å². The Hall–Kier alpha value is -8.43. The number of fused-ring (bicyclic) bond motifs is 4. The molecule has 0 spiro atoms. The molecular formula is C73H84FN11O6. The van der Waals surface area contributed by atoms with Crippen molar-refractivity contribution in [3.8, 4) is 29.6 Å². The van der Waals surface area contributed by atoms with E-state index in [9.17, 15) is 19.2 Å². The van der Waals surface area contributed by atoms with Crippen LogP contribution < -0.4 is 25.2 Å². The number of imide groups is 1. The van der Waals surface area contributed by atoms with Gasteiger partial charge in [-0.1, -0.05) is 81.3 Å². The van der Waals surface area contributed by atoms with E-state index in [1.54, 1.807) is 11.0 Å². The van der Waals surface area contributed by atoms with Crippen LogP contribution in [0.1, 0.15) is 143 Å². The zero-order chi connectivity index (χ0) is 63.1. The van der Waals surface area contributed by atoms with Crippen LogP contribution in [0.4, 0.5) is 25.6 Å². The molecule has 6 aliphatic rings. The Bertz CT molecular complexity index is 3980. The zero-order valence-electron chi connectivity index (χ0n) is 53.1. The molecule has 4 aromatic carbocycles. The van der Waals surface area contributed by atoms with Crippen molar-refractivity contribution < 1.29 is 33.0 Å². The highest BCUT2D eigenvalue weighted by atomic mass is 19.1. The third kappa shape index (κ3) is 12.7. The van der Waals surface area contributed by atoms with E-state index in [1.807, 2.05) is 53.2 Å². The van der Waals surface area contributed by atoms with Gasteiger partial charge >= 0.3 is 18.1 Å². The number of hydrogen-bond donors (Lipinski definition) is 2. The Labute approximate surface area is 532 Å². The molecule has 2 N–H and O–H groups in total. The number of amides is 5. The SMILES string of the molecule is C#Cc1c(F)ccc2cccc(-c3ncc4c(N5CC(C)CCC(C)C5)nc(OC[C@@]56CC[C@@H](COC(=O)NC7CCN(C(=O)c8ccc(CN9CCC(c%10ccc%11c(N%12CCC(=O)NC%12=O)nn(C)c%11c%10)CC9)cc8)CC7)CCC5CC(=C)C6)nc4c3CC)c12. The normalized spacial score (nSPS) is 23.0. The summed E-state index contributed by atoms with van der Waals surface area (Å²) in [7, 11) is 1.89. The predicted molar refractivity (Wildman–Crippen MR) is 352 cm³/mol. The van der Waals surface area contributed by atoms with E-state index in [2.05, 4.69) is 89.1 Å². The van der Waals surface area contributed by atoms with E-state index in [0.717, 1.165) is 141 Å². The fourth-order valence-corrected chi connectivity index (χ4v) is 15.8. The molecule has 17 nitrogen and oxygen atoms in total. The number of likely N-dealkylation sites (tertiary alicyclic amines) is 2. The highest BCUT2D eigenvalue weighted by Crippen LogP contribution is 2.54. The molecule has 7 heterocycles. The monoisotopic (exact) mass is 1230 g/mol. The molecule has 0 radical (unpaired) electrons. The molecular weight excluding hydrogens is 1150 g/mol. The van der Waals surface area contributed by atoms with Gasteiger partial charge in [-0.2, -0.15) is 15.1 Å². The Balaban J connectivity index is 0.596. The van der Waals surface area contributed by atoms with Crippen LogP contribution in [0.25, 0.3) is 43.8 Å². The second-order valence-corrected chi connectivity index (χ2v) is 27.2. The Kier molecular flexibility index (Phi) is 17.6. The van der Waals surface area contributed by atoms with E-state index < -0.39 is 17.9 Å². The number of carbonyl (C=O) groups is 4. The molecule has 3 aromatic heterocycles. The lowest BCUT2D eigenvalue weighted by Crippen LogP contribution is -2.49. The van der Waals surface area contributed by atoms with Crippen LogP contribution >= 0.6 is 0 Å². The summed E-state index contributed by atoms with van der Waals surface area (Å²) in [6, 6.07) is 23.3. The summed E-state index contributed by atoms with van der Waals surface area (Å²) in [5.74, 6) is 5.24. The van der Waals surface area contributed by atoms with Gasteiger partial charge in [0.05, 0.1) is 40.9 Å². The van der Waals surface area contributed by atoms with Gasteiger partial charge in [-0.25, -0.2) is 14.0 Å². The van der Waals surface area contributed by atoms with Crippen molar-refractivity contribution in [3.63, 3.8) is 0 Å². The number of alkyl carbamates (subject to hydrolysis) is 1. The maximum Gasteiger partial charge on any atom is 0.407 e. The summed E-state index contributed by atoms with van der Waals surface area (Å²) in [5.41, 5.74) is 8.54. The van der Waals surface area contributed by atoms with Crippen molar-refractivity contribution >= 4 is 68.2 Å². The van der Waals surface area contributed by atoms with E-state index in [0.29, 0.717) is 104 Å². The lowest BCUT2D eigenvalue weighted by molar-refractivity contribution is -0.120. The minimum atomic E-state index is -0.440. The van der Waals surface area contributed by atoms with Crippen LogP contribution in [-0.2, 0) is 29.5 Å². The summed E-state index contributed by atoms with van der Waals surface area (Å²) in [6.45, 7) is 17.9. The molecule has 4 saturated heterocycles. The van der Waals surface area contributed by atoms with Gasteiger partial charge in [-0.05, 0) is 173 Å². The number of aromatic nitrogens is 5. The highest BCUT2D eigenvalue weighted by Gasteiger charge is 2.47. The van der Waals surface area contributed by atoms with Gasteiger partial charge in [0.15, 0.2) is 5.82 Å². The lowest BCUT2D eigenvalue weighted by atomic mass is 9.75. The third-order valence-electron chi connectivity index (χ3n) is 20.9. The number of rotatable bonds is 14. The maximum atomic E-state index is 15.3. The third-order valence-corrected chi connectivity index (χ3v) is 20.9. The minimum Gasteiger partial charge on any atom is -0.463 e. The molecule has 6 fully saturated rings. The molecule has 7 aromatic rings. The molecule has 91 heavy (non-hydrogen) atoms. The van der Waals surface area contributed by atoms with Crippen LogP contribution in [0.3, 0.4) is 0 Å². The molecule has 5 atom stereocenters. The number of urea groups is 1. The summed E-state index contributed by atoms with van der Waals surface area (Å²) in [6.07, 6.45) is 19.4. The molecule has 5 amide bonds. The number of hydrogen-bond acceptors (Lipinski definition) is 12. The van der Waals surface area contributed by atoms with E-state index in [1.165, 1.54) is 22.8 Å². The van der Waals surface area contributed by atoms with E-state index in [-0.39, 0.29) is 41.2 Å². The van der Waals surface area contributed by atoms with Crippen LogP contribution in [0.5, 0.6) is 6.01 Å². The number of benzene rings is 4. The molecule has 4 aliphatic heterocycles. The minimum absolute atomic E-state index is 0.00561. The lowest BCUT2D eigenvalue weighted by Gasteiger charge is -2.33. The highest BCUT2D eigenvalue weighted by molar-refractivity contribution is 6.09. The maximum absolute atomic E-state index is 15.3. The van der Waals surface area contributed by atoms with E-state index >= 15 is 4.39 Å². The summed E-state index contributed by atoms with van der Waals surface area (Å²) < 4.78 is 30.1. The smallest absolute Gasteiger partial charge is 0.407 e. The summed E-state index contributed by atoms with van der Waals surface area (Å²) in [4.78, 5) is 75.5. The van der Waals surface area contributed by atoms with Crippen molar-refractivity contribution in [2.45, 2.75) is 129 Å². The van der Waals surface area contributed by atoms with Crippen molar-refractivity contribution in [1.82, 2.24) is 45.2 Å². The van der Waals surface area contributed by atoms with Gasteiger partial charge in [0, 0.05) is 97.9 Å². The Morgan fingerprint density at radius 1 is 0.879 bits per heavy atom. The fraction of sp³-hybridized carbons (Fsp3) is 0.479. The number of nitrogens with zero attached hydrogens (tertiary/aromatic N) is 9. The van der Waals surface area contributed by atoms with Crippen molar-refractivity contribution in [1.29, 1.82) is 0 Å². The first-order chi connectivity index (χ1) is 44.1. The number of carbonyl (C=O) groups excluding carboxylic acids is 4. The molecule has 2 aliphatic carbocycles. The van der Waals surface area contributed by atoms with Gasteiger partial charge in [-0.3, -0.25) is 34.4 Å². The van der Waals surface area contributed by atoms with E-state index in [4.69, 9.17) is 30.8 Å². The Morgan fingerprint density at radius 3 is 2.41 bits per heavy atom. The number of aryl methyl sites for hydroxylation is 2. The molecule has 18 heteroatoms. The predicted octanol–water partition coefficient (Wildman–Crippen LogP) is 12.7. The number of terminal acetylenes is 1. The average Bonchev–Trinajstić information content (AvgIpc) is 1.23. The topological polar surface area (TPSA) is 180 Å². The van der Waals surface area contributed by atoms with Gasteiger partial charge in [0.2, 0.25) is 5.91 Å². The van der Waals surface area contributed by atoms with Crippen LogP contribution in [0, 0.1) is 47.2 Å². The molecule has 2 saturated carbocycles. The molecule has 474 valence electrons. The summed E-state index contributed by atoms with van der Waals surface area (Å²) >= 11 is 0. The second kappa shape index (κ2) is 26.1. The fourth-order valence-electron chi connectivity index (χ4n) is 15.8. The summed E-state index contributed by atoms with van der Waals surface area (Å²) in [5, 5.41) is 13.5. The first kappa shape index (κ1) is 61.4. The number of piperidine rings is 2. The van der Waals surface area contributed by atoms with Crippen molar-refractivity contribution in [2.75, 3.05) is 68.8 Å². The van der Waals surface area contributed by atoms with Crippen molar-refractivity contribution in [2.24, 2.45) is 36.1 Å². The van der Waals surface area contributed by atoms with Crippen LogP contribution in [0.2, 0.25) is 0 Å². The molecule has 3 unspecified atom stereocenters. The van der Waals surface area contributed by atoms with Crippen LogP contribution in [-0.4, -0.2) is 124 Å². The van der Waals surface area contributed by atoms with Crippen LogP contribution in [0.15, 0.2) is 91.1 Å². The largest absolute Gasteiger partial charge is 0.463 e. The average molecular weight is 1230 g/mol. The first-order valence-electron chi connectivity index (χ1n) is 33.1. The Morgan fingerprint density at radius 2 is 1.66 bits per heavy atom. The molecule has 0 bridgehead atoms. The number of ether oxygens (including phenoxy) is 2. The van der Waals surface area contributed by atoms with Gasteiger partial charge < -0.3 is 24.6 Å². The number of nitrogens with one attached hydrogen (secondary N) is 2. The van der Waals surface area contributed by atoms with Gasteiger partial charge in [0.25, 0.3) is 5.91 Å². The molecule has 13 rings (SSSR count). The number of allylic oxidation sites excluding steroid dienone is 1. The number of pyridine rings is 1. The number of anilines is 2. The first-order valence-corrected chi connectivity index (χ1v) is 33.1. The quantitative estimate of drug-likeness (QED) is 0.0778. The second-order valence-electron chi connectivity index (χ2n) is 27.2. The number of halogens is 1. The standard InChI is InChI=1S/C73H84FN11O6/c1-7-56-61(74)23-20-51-10-9-11-59(64(51)56)65-57(8-2)66-60(39-75-65)67(84-40-45(3)12-13-46(4)41-84)79-70(78-66)91-44-73-30-24-49(16-21-54(73)36-47(5)38-73)43-90-72(89)76-55-27-33-83(34-28-55)69(87)52-17-14-48(15-18-52)42-82-31-25-50(26-32-82)53-19-22-58-62(37-53)81(6)80-68(58)85-35-29-63(86)77-71(85)88/h1,9-11,14-15,17-20,22-23,37,39,45-46,49-50,54-55H,5,8,12-13,16,21,24-36,38,40-44H2,2-4,6H3,(H,76,89)(H,77,86,88)/t45?,46?,49-,54?,73-/m0/s1. The van der Waals surface area contributed by atoms with Gasteiger partial charge in [-0.15, -0.1) is 6.42 Å². The van der Waals surface area contributed by atoms with Crippen molar-refractivity contribution in [3.05, 3.63) is 125 Å².